The number of hydrogen-bond acceptors (Lipinski definition) is 3. The number of ether oxygens (including phenoxy) is 1. The van der Waals surface area contributed by atoms with Crippen molar-refractivity contribution in [3.05, 3.63) is 54.1 Å². The van der Waals surface area contributed by atoms with Crippen molar-refractivity contribution in [1.82, 2.24) is 0 Å². The largest absolute Gasteiger partial charge is 0.494 e. The van der Waals surface area contributed by atoms with Crippen LogP contribution in [0.1, 0.15) is 63.4 Å². The first kappa shape index (κ1) is 20.7. The summed E-state index contributed by atoms with van der Waals surface area (Å²) in [5.41, 5.74) is 2.91. The van der Waals surface area contributed by atoms with Crippen LogP contribution in [0.15, 0.2) is 48.5 Å². The number of hydrogen-bond donors (Lipinski definition) is 0. The molecule has 0 radical (unpaired) electrons. The topological polar surface area (TPSA) is 50.1 Å². The third kappa shape index (κ3) is 8.09. The third-order valence-electron chi connectivity index (χ3n) is 4.69. The molecule has 0 aliphatic carbocycles. The molecule has 27 heavy (non-hydrogen) atoms. The molecule has 0 saturated carbocycles. The van der Waals surface area contributed by atoms with Crippen molar-refractivity contribution < 1.29 is 9.53 Å². The van der Waals surface area contributed by atoms with E-state index in [0.29, 0.717) is 12.0 Å². The molecule has 0 saturated heterocycles. The average Bonchev–Trinajstić information content (AvgIpc) is 2.72. The standard InChI is InChI=1S/C24H29NO2/c25-20-21-10-12-22(13-11-21)23-14-16-24(17-15-23)27-19-9-7-5-3-1-2-4-6-8-18-26/h10-18H,1-9,19H2. The fourth-order valence-corrected chi connectivity index (χ4v) is 3.06. The van der Waals surface area contributed by atoms with Gasteiger partial charge in [-0.05, 0) is 48.2 Å². The van der Waals surface area contributed by atoms with Gasteiger partial charge in [0.15, 0.2) is 0 Å². The lowest BCUT2D eigenvalue weighted by Crippen LogP contribution is -1.97. The zero-order valence-corrected chi connectivity index (χ0v) is 16.0. The van der Waals surface area contributed by atoms with Crippen LogP contribution in [0.3, 0.4) is 0 Å². The van der Waals surface area contributed by atoms with Gasteiger partial charge in [-0.15, -0.1) is 0 Å². The second-order valence-electron chi connectivity index (χ2n) is 6.85. The first-order valence-electron chi connectivity index (χ1n) is 10.0. The number of carbonyl (C=O) groups excluding carboxylic acids is 1. The minimum atomic E-state index is 0.677. The van der Waals surface area contributed by atoms with Crippen LogP contribution in [0, 0.1) is 11.3 Å². The molecule has 0 aromatic heterocycles. The Morgan fingerprint density at radius 3 is 1.81 bits per heavy atom. The van der Waals surface area contributed by atoms with Gasteiger partial charge in [0.05, 0.1) is 18.2 Å². The summed E-state index contributed by atoms with van der Waals surface area (Å²) in [6, 6.07) is 17.9. The molecule has 0 heterocycles. The Balaban J connectivity index is 1.57. The molecule has 0 bridgehead atoms. The molecule has 0 amide bonds. The highest BCUT2D eigenvalue weighted by Crippen LogP contribution is 2.23. The molecule has 142 valence electrons. The van der Waals surface area contributed by atoms with Crippen molar-refractivity contribution in [1.29, 1.82) is 5.26 Å². The summed E-state index contributed by atoms with van der Waals surface area (Å²) >= 11 is 0. The van der Waals surface area contributed by atoms with E-state index in [1.165, 1.54) is 38.5 Å². The lowest BCUT2D eigenvalue weighted by atomic mass is 10.0. The number of aldehydes is 1. The summed E-state index contributed by atoms with van der Waals surface area (Å²) in [7, 11) is 0. The normalized spacial score (nSPS) is 10.3. The minimum Gasteiger partial charge on any atom is -0.494 e. The van der Waals surface area contributed by atoms with E-state index in [-0.39, 0.29) is 0 Å². The van der Waals surface area contributed by atoms with Crippen molar-refractivity contribution >= 4 is 6.29 Å². The predicted molar refractivity (Wildman–Crippen MR) is 110 cm³/mol. The van der Waals surface area contributed by atoms with Gasteiger partial charge in [-0.2, -0.15) is 5.26 Å². The van der Waals surface area contributed by atoms with E-state index < -0.39 is 0 Å². The van der Waals surface area contributed by atoms with Crippen LogP contribution in [0.2, 0.25) is 0 Å². The summed E-state index contributed by atoms with van der Waals surface area (Å²) < 4.78 is 5.83. The fourth-order valence-electron chi connectivity index (χ4n) is 3.06. The van der Waals surface area contributed by atoms with Crippen molar-refractivity contribution in [2.24, 2.45) is 0 Å². The van der Waals surface area contributed by atoms with Crippen LogP contribution in [-0.2, 0) is 4.79 Å². The fraction of sp³-hybridized carbons (Fsp3) is 0.417. The Bertz CT molecular complexity index is 699. The molecule has 0 unspecified atom stereocenters. The lowest BCUT2D eigenvalue weighted by Gasteiger charge is -2.08. The monoisotopic (exact) mass is 363 g/mol. The van der Waals surface area contributed by atoms with Gasteiger partial charge in [0, 0.05) is 6.42 Å². The molecule has 0 atom stereocenters. The second-order valence-corrected chi connectivity index (χ2v) is 6.85. The summed E-state index contributed by atoms with van der Waals surface area (Å²) in [6.07, 6.45) is 11.3. The summed E-state index contributed by atoms with van der Waals surface area (Å²) in [4.78, 5) is 10.2. The maximum Gasteiger partial charge on any atom is 0.119 e. The Kier molecular flexibility index (Phi) is 9.74. The summed E-state index contributed by atoms with van der Waals surface area (Å²) in [6.45, 7) is 0.759. The van der Waals surface area contributed by atoms with Crippen molar-refractivity contribution in [2.75, 3.05) is 6.61 Å². The molecule has 0 spiro atoms. The van der Waals surface area contributed by atoms with Crippen LogP contribution in [0.5, 0.6) is 5.75 Å². The van der Waals surface area contributed by atoms with Gasteiger partial charge >= 0.3 is 0 Å². The first-order chi connectivity index (χ1) is 13.3. The molecule has 0 fully saturated rings. The molecular formula is C24H29NO2. The van der Waals surface area contributed by atoms with Gasteiger partial charge in [0.1, 0.15) is 12.0 Å². The quantitative estimate of drug-likeness (QED) is 0.309. The SMILES string of the molecule is N#Cc1ccc(-c2ccc(OCCCCCCCCCCC=O)cc2)cc1. The van der Waals surface area contributed by atoms with Gasteiger partial charge in [-0.1, -0.05) is 62.8 Å². The average molecular weight is 364 g/mol. The second kappa shape index (κ2) is 12.7. The van der Waals surface area contributed by atoms with E-state index in [0.717, 1.165) is 42.6 Å². The van der Waals surface area contributed by atoms with Gasteiger partial charge < -0.3 is 9.53 Å². The maximum atomic E-state index is 10.2. The van der Waals surface area contributed by atoms with Gasteiger partial charge in [-0.3, -0.25) is 0 Å². The van der Waals surface area contributed by atoms with Crippen LogP contribution >= 0.6 is 0 Å². The first-order valence-corrected chi connectivity index (χ1v) is 10.0. The smallest absolute Gasteiger partial charge is 0.119 e. The van der Waals surface area contributed by atoms with E-state index in [1.807, 2.05) is 36.4 Å². The maximum absolute atomic E-state index is 10.2. The number of nitriles is 1. The molecule has 0 aliphatic rings. The molecule has 3 heteroatoms. The Morgan fingerprint density at radius 2 is 1.26 bits per heavy atom. The highest BCUT2D eigenvalue weighted by Gasteiger charge is 2.00. The highest BCUT2D eigenvalue weighted by molar-refractivity contribution is 5.64. The Hall–Kier alpha value is -2.60. The van der Waals surface area contributed by atoms with E-state index >= 15 is 0 Å². The summed E-state index contributed by atoms with van der Waals surface area (Å²) in [5.74, 6) is 0.905. The number of rotatable bonds is 13. The lowest BCUT2D eigenvalue weighted by molar-refractivity contribution is -0.107. The van der Waals surface area contributed by atoms with E-state index in [9.17, 15) is 4.79 Å². The third-order valence-corrected chi connectivity index (χ3v) is 4.69. The van der Waals surface area contributed by atoms with Crippen LogP contribution in [0.4, 0.5) is 0 Å². The number of nitrogens with zero attached hydrogens (tertiary/aromatic N) is 1. The van der Waals surface area contributed by atoms with Crippen LogP contribution < -0.4 is 4.74 Å². The predicted octanol–water partition coefficient (Wildman–Crippen LogP) is 6.31. The number of unbranched alkanes of at least 4 members (excludes halogenated alkanes) is 8. The molecule has 2 aromatic rings. The van der Waals surface area contributed by atoms with Crippen molar-refractivity contribution in [3.63, 3.8) is 0 Å². The highest BCUT2D eigenvalue weighted by atomic mass is 16.5. The number of carbonyl (C=O) groups is 1. The van der Waals surface area contributed by atoms with E-state index in [2.05, 4.69) is 18.2 Å². The molecule has 3 nitrogen and oxygen atoms in total. The molecular weight excluding hydrogens is 334 g/mol. The van der Waals surface area contributed by atoms with Gasteiger partial charge in [0.2, 0.25) is 0 Å². The van der Waals surface area contributed by atoms with Gasteiger partial charge in [0.25, 0.3) is 0 Å². The van der Waals surface area contributed by atoms with E-state index in [1.54, 1.807) is 0 Å². The zero-order valence-electron chi connectivity index (χ0n) is 16.0. The Morgan fingerprint density at radius 1 is 0.741 bits per heavy atom. The van der Waals surface area contributed by atoms with Crippen molar-refractivity contribution in [3.8, 4) is 22.9 Å². The number of benzene rings is 2. The summed E-state index contributed by atoms with van der Waals surface area (Å²) in [5, 5.41) is 8.86. The van der Waals surface area contributed by atoms with Crippen LogP contribution in [0.25, 0.3) is 11.1 Å². The zero-order chi connectivity index (χ0) is 19.2. The van der Waals surface area contributed by atoms with Gasteiger partial charge in [-0.25, -0.2) is 0 Å². The van der Waals surface area contributed by atoms with Crippen molar-refractivity contribution in [2.45, 2.75) is 57.8 Å². The van der Waals surface area contributed by atoms with E-state index in [4.69, 9.17) is 10.00 Å². The molecule has 0 N–H and O–H groups in total. The molecule has 2 rings (SSSR count). The Labute approximate surface area is 163 Å². The minimum absolute atomic E-state index is 0.677. The molecule has 2 aromatic carbocycles. The molecule has 0 aliphatic heterocycles. The van der Waals surface area contributed by atoms with Crippen LogP contribution in [-0.4, -0.2) is 12.9 Å².